The van der Waals surface area contributed by atoms with Crippen molar-refractivity contribution >= 4 is 93.5 Å². The number of aromatic amines is 2. The molecule has 2 aliphatic heterocycles. The smallest absolute Gasteiger partial charge is 0.409 e. The van der Waals surface area contributed by atoms with Crippen molar-refractivity contribution in [3.05, 3.63) is 171 Å². The van der Waals surface area contributed by atoms with Crippen molar-refractivity contribution < 1.29 is 19.2 Å². The van der Waals surface area contributed by atoms with Gasteiger partial charge in [-0.15, -0.1) is 0 Å². The van der Waals surface area contributed by atoms with Crippen LogP contribution < -0.4 is 37.1 Å². The number of fused-ring (bicyclic) bond motifs is 4. The summed E-state index contributed by atoms with van der Waals surface area (Å²) in [6.45, 7) is 1.83. The third-order valence-electron chi connectivity index (χ3n) is 15.2. The van der Waals surface area contributed by atoms with Gasteiger partial charge < -0.3 is 21.1 Å². The molecule has 2 aromatic heterocycles. The Balaban J connectivity index is 0.000000123. The number of H-pyrrole nitrogens is 2. The molecule has 16 nitrogen and oxygen atoms in total. The van der Waals surface area contributed by atoms with Crippen LogP contribution in [0.3, 0.4) is 0 Å². The molecule has 0 saturated heterocycles. The molecule has 6 aliphatic rings. The summed E-state index contributed by atoms with van der Waals surface area (Å²) < 4.78 is 6.68. The van der Waals surface area contributed by atoms with Gasteiger partial charge in [-0.3, -0.25) is 24.6 Å². The highest BCUT2D eigenvalue weighted by Gasteiger charge is 2.55. The summed E-state index contributed by atoms with van der Waals surface area (Å²) in [5.41, 5.74) is 12.4. The first kappa shape index (κ1) is 50.1. The van der Waals surface area contributed by atoms with E-state index in [9.17, 15) is 29.3 Å². The number of hydrogen-bond donors (Lipinski definition) is 5. The van der Waals surface area contributed by atoms with Crippen LogP contribution in [0.2, 0.25) is 0 Å². The molecule has 7 aromatic rings. The fraction of sp³-hybridized carbons (Fsp3) is 0.333. The molecule has 0 bridgehead atoms. The average molecular weight is 1130 g/mol. The van der Waals surface area contributed by atoms with Crippen molar-refractivity contribution in [1.82, 2.24) is 25.7 Å². The molecular weight excluding hydrogens is 1080 g/mol. The first-order valence-electron chi connectivity index (χ1n) is 24.3. The van der Waals surface area contributed by atoms with Gasteiger partial charge in [0.2, 0.25) is 0 Å². The number of nitro benzene ring substituents is 1. The third kappa shape index (κ3) is 10.8. The lowest BCUT2D eigenvalue weighted by molar-refractivity contribution is -0.384. The van der Waals surface area contributed by atoms with Crippen LogP contribution in [0.15, 0.2) is 128 Å². The number of rotatable bonds is 5. The maximum Gasteiger partial charge on any atom is 0.409 e. The van der Waals surface area contributed by atoms with E-state index >= 15 is 0 Å². The van der Waals surface area contributed by atoms with E-state index in [4.69, 9.17) is 17.3 Å². The molecule has 6 N–H and O–H groups in total. The number of hydrogen-bond acceptors (Lipinski definition) is 11. The topological polar surface area (TPSA) is 231 Å². The Bertz CT molecular complexity index is 3360. The summed E-state index contributed by atoms with van der Waals surface area (Å²) in [5.74, 6) is 1.03. The Morgan fingerprint density at radius 1 is 0.726 bits per heavy atom. The van der Waals surface area contributed by atoms with E-state index in [0.29, 0.717) is 34.1 Å². The van der Waals surface area contributed by atoms with Gasteiger partial charge in [-0.2, -0.15) is 10.2 Å². The molecule has 5 aromatic carbocycles. The quantitative estimate of drug-likeness (QED) is 0.0618. The maximum atomic E-state index is 12.8. The van der Waals surface area contributed by atoms with Crippen LogP contribution in [0.5, 0.6) is 5.75 Å². The molecule has 0 radical (unpaired) electrons. The molecule has 4 fully saturated rings. The molecule has 13 rings (SSSR count). The lowest BCUT2D eigenvalue weighted by atomic mass is 9.49. The zero-order valence-electron chi connectivity index (χ0n) is 39.5. The number of carbonyl (C=O) groups excluding carboxylic acids is 2. The molecule has 4 saturated carbocycles. The van der Waals surface area contributed by atoms with Crippen LogP contribution in [-0.2, 0) is 12.8 Å². The van der Waals surface area contributed by atoms with Crippen LogP contribution in [-0.4, -0.2) is 62.0 Å². The molecule has 376 valence electrons. The number of nitro groups is 1. The summed E-state index contributed by atoms with van der Waals surface area (Å²) >= 11 is 11.9. The van der Waals surface area contributed by atoms with Crippen molar-refractivity contribution in [2.45, 2.75) is 88.1 Å². The van der Waals surface area contributed by atoms with E-state index < -0.39 is 10.4 Å². The van der Waals surface area contributed by atoms with Gasteiger partial charge >= 0.3 is 11.5 Å². The number of urea groups is 1. The number of carbonyl (C=O) groups is 2. The summed E-state index contributed by atoms with van der Waals surface area (Å²) in [5, 5.41) is 34.2. The van der Waals surface area contributed by atoms with E-state index in [1.165, 1.54) is 58.4 Å². The average Bonchev–Trinajstić information content (AvgIpc) is 3.98. The number of nitrogens with one attached hydrogen (secondary N) is 4. The van der Waals surface area contributed by atoms with Crippen LogP contribution in [0.25, 0.3) is 21.5 Å². The van der Waals surface area contributed by atoms with Crippen molar-refractivity contribution in [3.63, 3.8) is 0 Å². The number of ether oxygens (including phenoxy) is 1. The number of aromatic nitrogens is 4. The molecule has 0 unspecified atom stereocenters. The van der Waals surface area contributed by atoms with Crippen LogP contribution in [0.4, 0.5) is 26.7 Å². The second-order valence-corrected chi connectivity index (χ2v) is 22.3. The molecule has 19 heteroatoms. The minimum absolute atomic E-state index is 0.0186. The number of anilines is 2. The van der Waals surface area contributed by atoms with Crippen molar-refractivity contribution in [2.75, 3.05) is 23.3 Å². The monoisotopic (exact) mass is 1130 g/mol. The molecular formula is C54H52Br2ClN9O7. The number of benzene rings is 5. The lowest BCUT2D eigenvalue weighted by Gasteiger charge is -2.57. The lowest BCUT2D eigenvalue weighted by Crippen LogP contribution is -2.57. The molecule has 2 spiro atoms. The number of halogens is 3. The number of nitrogens with zero attached hydrogens (tertiary/aromatic N) is 4. The molecule has 4 aliphatic carbocycles. The Morgan fingerprint density at radius 2 is 1.26 bits per heavy atom. The van der Waals surface area contributed by atoms with Gasteiger partial charge in [0.25, 0.3) is 16.8 Å². The summed E-state index contributed by atoms with van der Waals surface area (Å²) in [6, 6.07) is 33.6. The highest BCUT2D eigenvalue weighted by Crippen LogP contribution is 2.63. The van der Waals surface area contributed by atoms with Gasteiger partial charge in [0, 0.05) is 91.8 Å². The standard InChI is InChI=1S/C24H23BrN4O2.C15H17N3O.C8H8BrN.C7H4ClNO4/c25-16-5-6-20-14(9-16)7-8-29(20)23(31)26-17-12-24(13-17)10-15(11-24)21-18-3-1-2-4-19(18)22(30)28-27-21;16-10-7-15(8-10)5-9(6-15)13-11-3-1-2-4-12(11)14(19)18-17-13;9-7-1-2-8-6(5-7)3-4-10-8;8-7(10)13-6-3-1-5(2-4-6)9(11)12/h1-6,9,15,17H,7-8,10-13H2,(H,26,31)(H,28,30);1-4,9-10H,5-8,16H2,(H,18,19);1-2,5,10H,3-4H2;1-4H. The van der Waals surface area contributed by atoms with Gasteiger partial charge in [-0.05, 0) is 147 Å². The second-order valence-electron chi connectivity index (χ2n) is 20.1. The highest BCUT2D eigenvalue weighted by atomic mass is 79.9. The van der Waals surface area contributed by atoms with Crippen molar-refractivity contribution in [2.24, 2.45) is 16.6 Å². The van der Waals surface area contributed by atoms with Gasteiger partial charge in [0.05, 0.1) is 27.1 Å². The first-order chi connectivity index (χ1) is 35.1. The minimum atomic E-state index is -0.978. The van der Waals surface area contributed by atoms with Gasteiger partial charge in [0.1, 0.15) is 5.75 Å². The van der Waals surface area contributed by atoms with E-state index in [1.807, 2.05) is 65.6 Å². The molecule has 4 heterocycles. The van der Waals surface area contributed by atoms with Crippen molar-refractivity contribution in [1.29, 1.82) is 0 Å². The van der Waals surface area contributed by atoms with E-state index in [2.05, 4.69) is 91.9 Å². The zero-order chi connectivity index (χ0) is 51.0. The highest BCUT2D eigenvalue weighted by molar-refractivity contribution is 9.10. The SMILES string of the molecule is Brc1ccc2c(c1)CCN2.NC1CC2(C1)CC(c1n[nH]c(=O)c3ccccc13)C2.O=C(Cl)Oc1ccc([N+](=O)[O-])cc1.O=C(NC1CC2(C1)CC(c1n[nH]c(=O)c3ccccc13)C2)N1CCc2cc(Br)ccc21. The maximum absolute atomic E-state index is 12.8. The van der Waals surface area contributed by atoms with Gasteiger partial charge in [-0.1, -0.05) is 68.3 Å². The van der Waals surface area contributed by atoms with E-state index in [0.717, 1.165) is 102 Å². The molecule has 2 amide bonds. The summed E-state index contributed by atoms with van der Waals surface area (Å²) in [4.78, 5) is 58.4. The zero-order valence-corrected chi connectivity index (χ0v) is 43.5. The second kappa shape index (κ2) is 20.8. The van der Waals surface area contributed by atoms with E-state index in [1.54, 1.807) is 0 Å². The normalized spacial score (nSPS) is 23.5. The Hall–Kier alpha value is -6.47. The molecule has 73 heavy (non-hydrogen) atoms. The van der Waals surface area contributed by atoms with Gasteiger partial charge in [0.15, 0.2) is 0 Å². The Kier molecular flexibility index (Phi) is 14.3. The molecule has 0 atom stereocenters. The predicted octanol–water partition coefficient (Wildman–Crippen LogP) is 11.1. The van der Waals surface area contributed by atoms with Crippen molar-refractivity contribution in [3.8, 4) is 5.75 Å². The number of amides is 2. The number of nitrogens with two attached hydrogens (primary N) is 1. The third-order valence-corrected chi connectivity index (χ3v) is 16.3. The minimum Gasteiger partial charge on any atom is -0.414 e. The Labute approximate surface area is 441 Å². The summed E-state index contributed by atoms with van der Waals surface area (Å²) in [7, 11) is 0. The fourth-order valence-corrected chi connectivity index (χ4v) is 12.8. The van der Waals surface area contributed by atoms with Crippen LogP contribution in [0.1, 0.15) is 85.7 Å². The van der Waals surface area contributed by atoms with E-state index in [-0.39, 0.29) is 34.6 Å². The first-order valence-corrected chi connectivity index (χ1v) is 26.3. The van der Waals surface area contributed by atoms with Crippen LogP contribution in [0, 0.1) is 20.9 Å². The van der Waals surface area contributed by atoms with Crippen LogP contribution >= 0.6 is 43.5 Å². The largest absolute Gasteiger partial charge is 0.414 e. The fourth-order valence-electron chi connectivity index (χ4n) is 11.9. The predicted molar refractivity (Wildman–Crippen MR) is 289 cm³/mol. The van der Waals surface area contributed by atoms with Gasteiger partial charge in [-0.25, -0.2) is 19.8 Å². The number of non-ortho nitro benzene ring substituents is 1. The Morgan fingerprint density at radius 3 is 1.81 bits per heavy atom. The summed E-state index contributed by atoms with van der Waals surface area (Å²) in [6.07, 6.45) is 10.9.